The second-order valence-electron chi connectivity index (χ2n) is 7.82. The zero-order valence-corrected chi connectivity index (χ0v) is 19.9. The summed E-state index contributed by atoms with van der Waals surface area (Å²) >= 11 is 0. The average molecular weight is 487 g/mol. The molecule has 174 valence electrons. The number of anilines is 1. The van der Waals surface area contributed by atoms with Crippen molar-refractivity contribution in [2.45, 2.75) is 23.3 Å². The first-order valence-electron chi connectivity index (χ1n) is 10.6. The fourth-order valence-corrected chi connectivity index (χ4v) is 6.48. The fraction of sp³-hybridized carbons (Fsp3) is 0.250. The summed E-state index contributed by atoms with van der Waals surface area (Å²) in [7, 11) is -7.65. The summed E-state index contributed by atoms with van der Waals surface area (Å²) in [5.41, 5.74) is 2.40. The summed E-state index contributed by atoms with van der Waals surface area (Å²) < 4.78 is 61.0. The van der Waals surface area contributed by atoms with Crippen LogP contribution in [0.3, 0.4) is 0 Å². The number of hydrogen-bond acceptors (Lipinski definition) is 5. The molecule has 1 aliphatic rings. The number of aryl methyl sites for hydroxylation is 1. The Hall–Kier alpha value is -2.72. The smallest absolute Gasteiger partial charge is 0.264 e. The van der Waals surface area contributed by atoms with Gasteiger partial charge >= 0.3 is 0 Å². The third-order valence-electron chi connectivity index (χ3n) is 5.51. The third kappa shape index (κ3) is 5.11. The summed E-state index contributed by atoms with van der Waals surface area (Å²) in [5.74, 6) is 0. The van der Waals surface area contributed by atoms with Gasteiger partial charge in [-0.3, -0.25) is 4.31 Å². The average Bonchev–Trinajstić information content (AvgIpc) is 2.84. The number of sulfonamides is 2. The van der Waals surface area contributed by atoms with Crippen LogP contribution in [0, 0.1) is 6.92 Å². The molecule has 0 amide bonds. The van der Waals surface area contributed by atoms with Gasteiger partial charge in [0.15, 0.2) is 0 Å². The minimum absolute atomic E-state index is 0.0277. The quantitative estimate of drug-likeness (QED) is 0.511. The molecule has 0 radical (unpaired) electrons. The van der Waals surface area contributed by atoms with E-state index in [9.17, 15) is 16.8 Å². The number of morpholine rings is 1. The second kappa shape index (κ2) is 9.64. The predicted molar refractivity (Wildman–Crippen MR) is 127 cm³/mol. The number of hydrogen-bond donors (Lipinski definition) is 0. The van der Waals surface area contributed by atoms with Crippen molar-refractivity contribution >= 4 is 25.7 Å². The first kappa shape index (κ1) is 23.4. The maximum atomic E-state index is 13.6. The number of ether oxygens (including phenoxy) is 1. The van der Waals surface area contributed by atoms with Crippen molar-refractivity contribution < 1.29 is 21.6 Å². The van der Waals surface area contributed by atoms with E-state index in [4.69, 9.17) is 4.74 Å². The van der Waals surface area contributed by atoms with E-state index in [1.807, 2.05) is 49.4 Å². The lowest BCUT2D eigenvalue weighted by Crippen LogP contribution is -2.40. The minimum atomic E-state index is -3.95. The third-order valence-corrected chi connectivity index (χ3v) is 9.21. The van der Waals surface area contributed by atoms with Crippen molar-refractivity contribution in [3.8, 4) is 0 Å². The highest BCUT2D eigenvalue weighted by Gasteiger charge is 2.29. The van der Waals surface area contributed by atoms with Gasteiger partial charge in [-0.2, -0.15) is 4.31 Å². The monoisotopic (exact) mass is 486 g/mol. The highest BCUT2D eigenvalue weighted by atomic mass is 32.2. The molecule has 1 heterocycles. The Bertz CT molecular complexity index is 1290. The molecule has 1 aliphatic heterocycles. The van der Waals surface area contributed by atoms with Crippen LogP contribution >= 0.6 is 0 Å². The Labute approximate surface area is 195 Å². The van der Waals surface area contributed by atoms with Gasteiger partial charge < -0.3 is 4.74 Å². The highest BCUT2D eigenvalue weighted by molar-refractivity contribution is 7.92. The van der Waals surface area contributed by atoms with Crippen molar-refractivity contribution in [2.75, 3.05) is 30.6 Å². The Balaban J connectivity index is 1.68. The molecule has 9 heteroatoms. The lowest BCUT2D eigenvalue weighted by molar-refractivity contribution is 0.0730. The molecule has 0 aromatic heterocycles. The second-order valence-corrected chi connectivity index (χ2v) is 11.6. The molecule has 0 unspecified atom stereocenters. The molecule has 0 saturated carbocycles. The van der Waals surface area contributed by atoms with Gasteiger partial charge in [-0.15, -0.1) is 0 Å². The summed E-state index contributed by atoms with van der Waals surface area (Å²) in [5, 5.41) is 0. The zero-order valence-electron chi connectivity index (χ0n) is 18.3. The molecule has 1 saturated heterocycles. The molecule has 0 atom stereocenters. The summed E-state index contributed by atoms with van der Waals surface area (Å²) in [6.07, 6.45) is 0. The van der Waals surface area contributed by atoms with Gasteiger partial charge in [0.1, 0.15) is 0 Å². The van der Waals surface area contributed by atoms with Crippen LogP contribution in [-0.4, -0.2) is 47.4 Å². The van der Waals surface area contributed by atoms with Gasteiger partial charge in [-0.25, -0.2) is 16.8 Å². The highest BCUT2D eigenvalue weighted by Crippen LogP contribution is 2.28. The van der Waals surface area contributed by atoms with E-state index in [0.717, 1.165) is 11.1 Å². The number of rotatable bonds is 7. The molecule has 4 rings (SSSR count). The largest absolute Gasteiger partial charge is 0.379 e. The first-order valence-corrected chi connectivity index (χ1v) is 13.5. The van der Waals surface area contributed by atoms with Gasteiger partial charge in [-0.1, -0.05) is 48.0 Å². The molecule has 3 aromatic carbocycles. The molecular formula is C24H26N2O5S2. The van der Waals surface area contributed by atoms with Crippen LogP contribution in [0.25, 0.3) is 0 Å². The van der Waals surface area contributed by atoms with E-state index in [0.29, 0.717) is 18.9 Å². The van der Waals surface area contributed by atoms with Crippen LogP contribution in [-0.2, 0) is 31.3 Å². The summed E-state index contributed by atoms with van der Waals surface area (Å²) in [4.78, 5) is 0.0910. The Morgan fingerprint density at radius 3 is 1.97 bits per heavy atom. The van der Waals surface area contributed by atoms with Gasteiger partial charge in [0.2, 0.25) is 10.0 Å². The Morgan fingerprint density at radius 2 is 1.36 bits per heavy atom. The van der Waals surface area contributed by atoms with E-state index in [1.165, 1.54) is 32.9 Å². The van der Waals surface area contributed by atoms with Crippen LogP contribution in [0.1, 0.15) is 11.1 Å². The van der Waals surface area contributed by atoms with Crippen LogP contribution in [0.2, 0.25) is 0 Å². The van der Waals surface area contributed by atoms with Crippen LogP contribution in [0.5, 0.6) is 0 Å². The van der Waals surface area contributed by atoms with Gasteiger partial charge in [0.25, 0.3) is 10.0 Å². The van der Waals surface area contributed by atoms with Crippen molar-refractivity contribution in [1.29, 1.82) is 0 Å². The molecular weight excluding hydrogens is 460 g/mol. The summed E-state index contributed by atoms with van der Waals surface area (Å²) in [6, 6.07) is 22.0. The van der Waals surface area contributed by atoms with Crippen LogP contribution in [0.4, 0.5) is 5.69 Å². The maximum absolute atomic E-state index is 13.6. The molecule has 3 aromatic rings. The standard InChI is InChI=1S/C24H26N2O5S2/c1-20-7-9-22(10-8-20)26(19-21-5-3-2-4-6-21)33(29,30)24-13-11-23(12-14-24)32(27,28)25-15-17-31-18-16-25/h2-14H,15-19H2,1H3. The molecule has 0 bridgehead atoms. The predicted octanol–water partition coefficient (Wildman–Crippen LogP) is 3.41. The Morgan fingerprint density at radius 1 is 0.788 bits per heavy atom. The summed E-state index contributed by atoms with van der Waals surface area (Å²) in [6.45, 7) is 3.34. The lowest BCUT2D eigenvalue weighted by atomic mass is 10.2. The fourth-order valence-electron chi connectivity index (χ4n) is 3.62. The maximum Gasteiger partial charge on any atom is 0.264 e. The normalized spacial score (nSPS) is 15.3. The van der Waals surface area contributed by atoms with E-state index in [-0.39, 0.29) is 29.4 Å². The van der Waals surface area contributed by atoms with Gasteiger partial charge in [0.05, 0.1) is 35.2 Å². The molecule has 7 nitrogen and oxygen atoms in total. The zero-order chi connectivity index (χ0) is 23.5. The first-order chi connectivity index (χ1) is 15.8. The van der Waals surface area contributed by atoms with Crippen molar-refractivity contribution in [3.05, 3.63) is 90.0 Å². The number of benzene rings is 3. The molecule has 33 heavy (non-hydrogen) atoms. The van der Waals surface area contributed by atoms with E-state index >= 15 is 0 Å². The molecule has 0 N–H and O–H groups in total. The lowest BCUT2D eigenvalue weighted by Gasteiger charge is -2.26. The Kier molecular flexibility index (Phi) is 6.85. The number of nitrogens with zero attached hydrogens (tertiary/aromatic N) is 2. The SMILES string of the molecule is Cc1ccc(N(Cc2ccccc2)S(=O)(=O)c2ccc(S(=O)(=O)N3CCOCC3)cc2)cc1. The van der Waals surface area contributed by atoms with Gasteiger partial charge in [-0.05, 0) is 48.9 Å². The van der Waals surface area contributed by atoms with Crippen molar-refractivity contribution in [3.63, 3.8) is 0 Å². The van der Waals surface area contributed by atoms with E-state index < -0.39 is 20.0 Å². The minimum Gasteiger partial charge on any atom is -0.379 e. The van der Waals surface area contributed by atoms with Crippen LogP contribution < -0.4 is 4.31 Å². The van der Waals surface area contributed by atoms with Crippen molar-refractivity contribution in [2.24, 2.45) is 0 Å². The molecule has 1 fully saturated rings. The molecule has 0 spiro atoms. The van der Waals surface area contributed by atoms with Crippen LogP contribution in [0.15, 0.2) is 88.7 Å². The topological polar surface area (TPSA) is 84.0 Å². The van der Waals surface area contributed by atoms with Crippen molar-refractivity contribution in [1.82, 2.24) is 4.31 Å². The van der Waals surface area contributed by atoms with E-state index in [2.05, 4.69) is 0 Å². The molecule has 0 aliphatic carbocycles. The van der Waals surface area contributed by atoms with E-state index in [1.54, 1.807) is 12.1 Å². The van der Waals surface area contributed by atoms with Gasteiger partial charge in [0, 0.05) is 13.1 Å².